The summed E-state index contributed by atoms with van der Waals surface area (Å²) in [5, 5.41) is 15.4. The number of rotatable bonds is 14. The van der Waals surface area contributed by atoms with E-state index in [9.17, 15) is 5.11 Å². The molecule has 34 heavy (non-hydrogen) atoms. The minimum atomic E-state index is -0.461. The molecule has 0 unspecified atom stereocenters. The maximum absolute atomic E-state index is 10.6. The third-order valence-electron chi connectivity index (χ3n) is 5.58. The van der Waals surface area contributed by atoms with Crippen LogP contribution in [0.15, 0.2) is 67.3 Å². The number of aliphatic hydroxyl groups excluding tert-OH is 1. The molecule has 0 bridgehead atoms. The fraction of sp³-hybridized carbons (Fsp3) is 0.370. The van der Waals surface area contributed by atoms with E-state index in [0.717, 1.165) is 29.0 Å². The number of nitrogens with zero attached hydrogens (tertiary/aromatic N) is 3. The van der Waals surface area contributed by atoms with Crippen LogP contribution in [-0.2, 0) is 18.3 Å². The maximum atomic E-state index is 10.6. The van der Waals surface area contributed by atoms with E-state index in [0.29, 0.717) is 44.3 Å². The standard InChI is InChI=1S/C27H35N3O4/c1-5-6-12-22(31)19-30(17-18-32-3)20-25-26(21-10-8-7-9-11-21)28-29(2)27(25)34-24-15-13-23(33-4)14-16-24/h5,7-11,13-16,22,31H,1,6,12,17-20H2,2-4H3/t22-/m0/s1. The van der Waals surface area contributed by atoms with Crippen molar-refractivity contribution in [2.75, 3.05) is 33.9 Å². The Morgan fingerprint density at radius 1 is 1.09 bits per heavy atom. The van der Waals surface area contributed by atoms with Crippen LogP contribution < -0.4 is 9.47 Å². The molecule has 3 aromatic rings. The second kappa shape index (κ2) is 12.9. The number of methoxy groups -OCH3 is 2. The normalized spacial score (nSPS) is 12.0. The molecule has 1 heterocycles. The molecule has 7 nitrogen and oxygen atoms in total. The fourth-order valence-corrected chi connectivity index (χ4v) is 3.78. The average molecular weight is 466 g/mol. The van der Waals surface area contributed by atoms with Crippen molar-refractivity contribution < 1.29 is 19.3 Å². The van der Waals surface area contributed by atoms with Crippen molar-refractivity contribution in [1.82, 2.24) is 14.7 Å². The highest BCUT2D eigenvalue weighted by Gasteiger charge is 2.23. The summed E-state index contributed by atoms with van der Waals surface area (Å²) < 4.78 is 18.7. The third-order valence-corrected chi connectivity index (χ3v) is 5.58. The molecule has 0 saturated carbocycles. The number of benzene rings is 2. The van der Waals surface area contributed by atoms with Gasteiger partial charge in [0.25, 0.3) is 0 Å². The topological polar surface area (TPSA) is 69.0 Å². The lowest BCUT2D eigenvalue weighted by atomic mass is 10.1. The molecule has 2 aromatic carbocycles. The van der Waals surface area contributed by atoms with Crippen LogP contribution in [0.4, 0.5) is 0 Å². The fourth-order valence-electron chi connectivity index (χ4n) is 3.78. The number of aromatic nitrogens is 2. The number of hydrogen-bond donors (Lipinski definition) is 1. The van der Waals surface area contributed by atoms with Gasteiger partial charge in [-0.1, -0.05) is 36.4 Å². The lowest BCUT2D eigenvalue weighted by molar-refractivity contribution is 0.0806. The molecule has 0 aliphatic heterocycles. The molecule has 182 valence electrons. The number of allylic oxidation sites excluding steroid dienone is 1. The van der Waals surface area contributed by atoms with Gasteiger partial charge in [-0.05, 0) is 37.1 Å². The van der Waals surface area contributed by atoms with E-state index in [1.807, 2.05) is 67.7 Å². The Kier molecular flexibility index (Phi) is 9.70. The summed E-state index contributed by atoms with van der Waals surface area (Å²) in [6, 6.07) is 17.6. The first-order chi connectivity index (χ1) is 16.5. The van der Waals surface area contributed by atoms with Gasteiger partial charge >= 0.3 is 0 Å². The molecule has 0 aliphatic carbocycles. The van der Waals surface area contributed by atoms with Crippen molar-refractivity contribution in [1.29, 1.82) is 0 Å². The van der Waals surface area contributed by atoms with E-state index in [1.54, 1.807) is 18.9 Å². The summed E-state index contributed by atoms with van der Waals surface area (Å²) in [5.74, 6) is 2.12. The van der Waals surface area contributed by atoms with E-state index >= 15 is 0 Å². The van der Waals surface area contributed by atoms with E-state index in [-0.39, 0.29) is 0 Å². The Hall–Kier alpha value is -3.13. The summed E-state index contributed by atoms with van der Waals surface area (Å²) in [5.41, 5.74) is 2.82. The van der Waals surface area contributed by atoms with Gasteiger partial charge in [0, 0.05) is 39.4 Å². The summed E-state index contributed by atoms with van der Waals surface area (Å²) in [7, 11) is 5.20. The molecule has 1 N–H and O–H groups in total. The minimum Gasteiger partial charge on any atom is -0.497 e. The van der Waals surface area contributed by atoms with Crippen LogP contribution in [-0.4, -0.2) is 59.8 Å². The van der Waals surface area contributed by atoms with Crippen molar-refractivity contribution in [3.8, 4) is 28.6 Å². The van der Waals surface area contributed by atoms with Crippen LogP contribution >= 0.6 is 0 Å². The third kappa shape index (κ3) is 6.93. The highest BCUT2D eigenvalue weighted by molar-refractivity contribution is 5.65. The van der Waals surface area contributed by atoms with Gasteiger partial charge in [-0.3, -0.25) is 4.90 Å². The lowest BCUT2D eigenvalue weighted by Gasteiger charge is -2.25. The van der Waals surface area contributed by atoms with Crippen molar-refractivity contribution in [3.05, 3.63) is 72.8 Å². The second-order valence-electron chi connectivity index (χ2n) is 8.15. The Bertz CT molecular complexity index is 1020. The van der Waals surface area contributed by atoms with E-state index in [1.165, 1.54) is 0 Å². The molecule has 0 spiro atoms. The van der Waals surface area contributed by atoms with Crippen molar-refractivity contribution in [2.24, 2.45) is 7.05 Å². The zero-order valence-electron chi connectivity index (χ0n) is 20.3. The predicted molar refractivity (Wildman–Crippen MR) is 134 cm³/mol. The minimum absolute atomic E-state index is 0.461. The Morgan fingerprint density at radius 3 is 2.44 bits per heavy atom. The number of hydrogen-bond acceptors (Lipinski definition) is 6. The zero-order chi connectivity index (χ0) is 24.3. The van der Waals surface area contributed by atoms with E-state index in [2.05, 4.69) is 11.5 Å². The molecule has 0 radical (unpaired) electrons. The molecule has 1 aromatic heterocycles. The molecule has 0 amide bonds. The largest absolute Gasteiger partial charge is 0.497 e. The number of ether oxygens (including phenoxy) is 3. The highest BCUT2D eigenvalue weighted by atomic mass is 16.5. The van der Waals surface area contributed by atoms with E-state index < -0.39 is 6.10 Å². The first-order valence-electron chi connectivity index (χ1n) is 11.5. The molecule has 7 heteroatoms. The number of aryl methyl sites for hydroxylation is 1. The van der Waals surface area contributed by atoms with Gasteiger partial charge < -0.3 is 19.3 Å². The SMILES string of the molecule is C=CCC[C@H](O)CN(CCOC)Cc1c(-c2ccccc2)nn(C)c1Oc1ccc(OC)cc1. The van der Waals surface area contributed by atoms with Gasteiger partial charge in [0.05, 0.1) is 25.4 Å². The average Bonchev–Trinajstić information content (AvgIpc) is 3.16. The second-order valence-corrected chi connectivity index (χ2v) is 8.15. The quantitative estimate of drug-likeness (QED) is 0.349. The Balaban J connectivity index is 1.95. The summed E-state index contributed by atoms with van der Waals surface area (Å²) >= 11 is 0. The molecule has 0 fully saturated rings. The van der Waals surface area contributed by atoms with Crippen LogP contribution in [0.25, 0.3) is 11.3 Å². The van der Waals surface area contributed by atoms with Gasteiger partial charge in [-0.25, -0.2) is 4.68 Å². The van der Waals surface area contributed by atoms with Crippen LogP contribution in [0.3, 0.4) is 0 Å². The molecule has 0 saturated heterocycles. The molecular weight excluding hydrogens is 430 g/mol. The maximum Gasteiger partial charge on any atom is 0.222 e. The summed E-state index contributed by atoms with van der Waals surface area (Å²) in [6.07, 6.45) is 2.81. The van der Waals surface area contributed by atoms with Gasteiger partial charge in [0.1, 0.15) is 17.2 Å². The van der Waals surface area contributed by atoms with E-state index in [4.69, 9.17) is 19.3 Å². The van der Waals surface area contributed by atoms with Gasteiger partial charge in [0.2, 0.25) is 5.88 Å². The molecule has 0 aliphatic rings. The molecular formula is C27H35N3O4. The molecule has 3 rings (SSSR count). The van der Waals surface area contributed by atoms with Crippen LogP contribution in [0.2, 0.25) is 0 Å². The number of aliphatic hydroxyl groups is 1. The monoisotopic (exact) mass is 465 g/mol. The van der Waals surface area contributed by atoms with Crippen molar-refractivity contribution >= 4 is 0 Å². The molecule has 1 atom stereocenters. The van der Waals surface area contributed by atoms with Gasteiger partial charge in [0.15, 0.2) is 0 Å². The highest BCUT2D eigenvalue weighted by Crippen LogP contribution is 2.34. The summed E-state index contributed by atoms with van der Waals surface area (Å²) in [4.78, 5) is 2.18. The van der Waals surface area contributed by atoms with Crippen LogP contribution in [0.1, 0.15) is 18.4 Å². The first kappa shape index (κ1) is 25.5. The van der Waals surface area contributed by atoms with Gasteiger partial charge in [-0.15, -0.1) is 6.58 Å². The van der Waals surface area contributed by atoms with Crippen molar-refractivity contribution in [3.63, 3.8) is 0 Å². The predicted octanol–water partition coefficient (Wildman–Crippen LogP) is 4.66. The zero-order valence-corrected chi connectivity index (χ0v) is 20.3. The Morgan fingerprint density at radius 2 is 1.79 bits per heavy atom. The first-order valence-corrected chi connectivity index (χ1v) is 11.5. The lowest BCUT2D eigenvalue weighted by Crippen LogP contribution is -2.34. The van der Waals surface area contributed by atoms with Crippen LogP contribution in [0.5, 0.6) is 17.4 Å². The van der Waals surface area contributed by atoms with Gasteiger partial charge in [-0.2, -0.15) is 5.10 Å². The smallest absolute Gasteiger partial charge is 0.222 e. The summed E-state index contributed by atoms with van der Waals surface area (Å²) in [6.45, 7) is 6.06. The Labute approximate surface area is 202 Å². The van der Waals surface area contributed by atoms with Crippen LogP contribution in [0, 0.1) is 0 Å². The van der Waals surface area contributed by atoms with Crippen molar-refractivity contribution in [2.45, 2.75) is 25.5 Å².